The summed E-state index contributed by atoms with van der Waals surface area (Å²) in [5, 5.41) is 0. The number of aryl methyl sites for hydroxylation is 1. The lowest BCUT2D eigenvalue weighted by Gasteiger charge is -2.22. The van der Waals surface area contributed by atoms with Crippen molar-refractivity contribution >= 4 is 22.0 Å². The molecule has 0 bridgehead atoms. The molecule has 1 atom stereocenters. The van der Waals surface area contributed by atoms with Crippen LogP contribution in [-0.4, -0.2) is 31.7 Å². The minimum absolute atomic E-state index is 0.205. The number of nitrogens with zero attached hydrogens (tertiary/aromatic N) is 1. The lowest BCUT2D eigenvalue weighted by Crippen LogP contribution is -2.33. The van der Waals surface area contributed by atoms with Crippen LogP contribution < -0.4 is 5.73 Å². The van der Waals surface area contributed by atoms with E-state index in [4.69, 9.17) is 5.73 Å². The van der Waals surface area contributed by atoms with E-state index in [1.54, 1.807) is 6.08 Å². The molecule has 1 fully saturated rings. The number of rotatable bonds is 3. The Hall–Kier alpha value is -1.66. The molecule has 0 saturated carbocycles. The third-order valence-electron chi connectivity index (χ3n) is 4.24. The van der Waals surface area contributed by atoms with Gasteiger partial charge in [0.25, 0.3) is 0 Å². The average Bonchev–Trinajstić information content (AvgIpc) is 2.97. The number of allylic oxidation sites excluding steroid dienone is 1. The smallest absolute Gasteiger partial charge is 0.239 e. The Morgan fingerprint density at radius 3 is 2.71 bits per heavy atom. The summed E-state index contributed by atoms with van der Waals surface area (Å²) >= 11 is 0. The van der Waals surface area contributed by atoms with Crippen molar-refractivity contribution in [2.45, 2.75) is 19.3 Å². The summed E-state index contributed by atoms with van der Waals surface area (Å²) in [7, 11) is -3.48. The van der Waals surface area contributed by atoms with Gasteiger partial charge >= 0.3 is 0 Å². The van der Waals surface area contributed by atoms with Crippen molar-refractivity contribution in [2.24, 2.45) is 11.7 Å². The first-order chi connectivity index (χ1) is 9.98. The molecule has 1 amide bonds. The van der Waals surface area contributed by atoms with Crippen LogP contribution in [0.2, 0.25) is 0 Å². The third kappa shape index (κ3) is 2.61. The average molecular weight is 306 g/mol. The molecule has 1 aromatic carbocycles. The highest BCUT2D eigenvalue weighted by Gasteiger charge is 2.36. The van der Waals surface area contributed by atoms with Crippen LogP contribution in [0, 0.1) is 5.92 Å². The van der Waals surface area contributed by atoms with E-state index in [1.807, 2.05) is 24.3 Å². The predicted molar refractivity (Wildman–Crippen MR) is 80.5 cm³/mol. The predicted octanol–water partition coefficient (Wildman–Crippen LogP) is 1.11. The summed E-state index contributed by atoms with van der Waals surface area (Å²) in [6.07, 6.45) is 3.51. The molecule has 3 rings (SSSR count). The van der Waals surface area contributed by atoms with Gasteiger partial charge in [0.05, 0.1) is 10.8 Å². The number of benzene rings is 1. The highest BCUT2D eigenvalue weighted by atomic mass is 32.2. The summed E-state index contributed by atoms with van der Waals surface area (Å²) in [5.41, 5.74) is 7.41. The van der Waals surface area contributed by atoms with E-state index < -0.39 is 15.9 Å². The molecule has 1 aliphatic heterocycles. The Morgan fingerprint density at radius 1 is 1.24 bits per heavy atom. The maximum absolute atomic E-state index is 12.7. The van der Waals surface area contributed by atoms with Crippen LogP contribution in [-0.2, 0) is 21.2 Å². The second-order valence-corrected chi connectivity index (χ2v) is 7.55. The van der Waals surface area contributed by atoms with Gasteiger partial charge < -0.3 is 5.73 Å². The molecular weight excluding hydrogens is 288 g/mol. The lowest BCUT2D eigenvalue weighted by molar-refractivity contribution is -0.121. The number of sulfonamides is 1. The molecular formula is C15H18N2O3S. The van der Waals surface area contributed by atoms with E-state index in [2.05, 4.69) is 0 Å². The highest BCUT2D eigenvalue weighted by molar-refractivity contribution is 7.93. The molecule has 0 radical (unpaired) electrons. The molecule has 1 aromatic rings. The molecule has 21 heavy (non-hydrogen) atoms. The SMILES string of the molecule is NC(=O)[C@@H]1CCN(S(=O)(=O)C2=Cc3ccccc3CC2)C1. The standard InChI is InChI=1S/C15H18N2O3S/c16-15(18)13-7-8-17(10-13)21(19,20)14-6-5-11-3-1-2-4-12(11)9-14/h1-4,9,13H,5-8,10H2,(H2,16,18)/t13-/m1/s1. The zero-order chi connectivity index (χ0) is 15.0. The fourth-order valence-electron chi connectivity index (χ4n) is 2.95. The quantitative estimate of drug-likeness (QED) is 0.908. The minimum atomic E-state index is -3.48. The van der Waals surface area contributed by atoms with Gasteiger partial charge in [0.1, 0.15) is 0 Å². The Morgan fingerprint density at radius 2 is 2.00 bits per heavy atom. The van der Waals surface area contributed by atoms with Crippen molar-refractivity contribution in [2.75, 3.05) is 13.1 Å². The van der Waals surface area contributed by atoms with E-state index in [0.29, 0.717) is 24.3 Å². The van der Waals surface area contributed by atoms with Gasteiger partial charge in [0.2, 0.25) is 15.9 Å². The van der Waals surface area contributed by atoms with Gasteiger partial charge in [-0.1, -0.05) is 24.3 Å². The fourth-order valence-corrected chi connectivity index (χ4v) is 4.64. The van der Waals surface area contributed by atoms with Crippen molar-refractivity contribution in [3.63, 3.8) is 0 Å². The zero-order valence-electron chi connectivity index (χ0n) is 11.7. The van der Waals surface area contributed by atoms with Gasteiger partial charge in [-0.25, -0.2) is 8.42 Å². The monoisotopic (exact) mass is 306 g/mol. The summed E-state index contributed by atoms with van der Waals surface area (Å²) in [4.78, 5) is 11.6. The second-order valence-electron chi connectivity index (χ2n) is 5.56. The van der Waals surface area contributed by atoms with Crippen LogP contribution in [0.4, 0.5) is 0 Å². The van der Waals surface area contributed by atoms with Crippen LogP contribution in [0.5, 0.6) is 0 Å². The van der Waals surface area contributed by atoms with Crippen LogP contribution in [0.15, 0.2) is 29.2 Å². The van der Waals surface area contributed by atoms with Gasteiger partial charge in [0, 0.05) is 13.1 Å². The van der Waals surface area contributed by atoms with Crippen molar-refractivity contribution in [1.29, 1.82) is 0 Å². The zero-order valence-corrected chi connectivity index (χ0v) is 12.5. The van der Waals surface area contributed by atoms with Gasteiger partial charge in [-0.2, -0.15) is 4.31 Å². The first-order valence-electron chi connectivity index (χ1n) is 7.06. The van der Waals surface area contributed by atoms with Crippen LogP contribution in [0.25, 0.3) is 6.08 Å². The second kappa shape index (κ2) is 5.27. The van der Waals surface area contributed by atoms with E-state index in [0.717, 1.165) is 12.0 Å². The van der Waals surface area contributed by atoms with Gasteiger partial charge in [-0.05, 0) is 36.5 Å². The Kier molecular flexibility index (Phi) is 3.59. The summed E-state index contributed by atoms with van der Waals surface area (Å²) in [5.74, 6) is -0.785. The maximum Gasteiger partial charge on any atom is 0.239 e. The number of carbonyl (C=O) groups excluding carboxylic acids is 1. The number of primary amides is 1. The summed E-state index contributed by atoms with van der Waals surface area (Å²) in [6.45, 7) is 0.575. The molecule has 6 heteroatoms. The molecule has 1 saturated heterocycles. The Labute approximate surface area is 124 Å². The molecule has 0 aromatic heterocycles. The van der Waals surface area contributed by atoms with Crippen molar-refractivity contribution in [3.05, 3.63) is 40.3 Å². The normalized spacial score (nSPS) is 22.7. The summed E-state index contributed by atoms with van der Waals surface area (Å²) < 4.78 is 26.7. The largest absolute Gasteiger partial charge is 0.369 e. The van der Waals surface area contributed by atoms with Gasteiger partial charge in [-0.3, -0.25) is 4.79 Å². The first-order valence-corrected chi connectivity index (χ1v) is 8.50. The Balaban J connectivity index is 1.87. The maximum atomic E-state index is 12.7. The van der Waals surface area contributed by atoms with Crippen LogP contribution >= 0.6 is 0 Å². The molecule has 0 spiro atoms. The molecule has 1 aliphatic carbocycles. The number of hydrogen-bond acceptors (Lipinski definition) is 3. The van der Waals surface area contributed by atoms with Crippen molar-refractivity contribution < 1.29 is 13.2 Å². The van der Waals surface area contributed by atoms with E-state index in [1.165, 1.54) is 9.87 Å². The van der Waals surface area contributed by atoms with E-state index in [-0.39, 0.29) is 12.5 Å². The topological polar surface area (TPSA) is 80.5 Å². The number of hydrogen-bond donors (Lipinski definition) is 1. The minimum Gasteiger partial charge on any atom is -0.369 e. The van der Waals surface area contributed by atoms with Gasteiger partial charge in [-0.15, -0.1) is 0 Å². The van der Waals surface area contributed by atoms with Crippen LogP contribution in [0.3, 0.4) is 0 Å². The van der Waals surface area contributed by atoms with E-state index in [9.17, 15) is 13.2 Å². The number of carbonyl (C=O) groups is 1. The fraction of sp³-hybridized carbons (Fsp3) is 0.400. The van der Waals surface area contributed by atoms with Crippen LogP contribution in [0.1, 0.15) is 24.0 Å². The molecule has 5 nitrogen and oxygen atoms in total. The molecule has 0 unspecified atom stereocenters. The molecule has 112 valence electrons. The first kappa shape index (κ1) is 14.3. The molecule has 1 heterocycles. The number of fused-ring (bicyclic) bond motifs is 1. The summed E-state index contributed by atoms with van der Waals surface area (Å²) in [6, 6.07) is 7.82. The van der Waals surface area contributed by atoms with Crippen molar-refractivity contribution in [3.8, 4) is 0 Å². The van der Waals surface area contributed by atoms with E-state index >= 15 is 0 Å². The highest BCUT2D eigenvalue weighted by Crippen LogP contribution is 2.31. The van der Waals surface area contributed by atoms with Gasteiger partial charge in [0.15, 0.2) is 0 Å². The molecule has 2 aliphatic rings. The number of amides is 1. The lowest BCUT2D eigenvalue weighted by atomic mass is 9.98. The van der Waals surface area contributed by atoms with Crippen molar-refractivity contribution in [1.82, 2.24) is 4.31 Å². The third-order valence-corrected chi connectivity index (χ3v) is 6.23. The Bertz CT molecular complexity index is 709. The number of nitrogens with two attached hydrogens (primary N) is 1. The molecule has 2 N–H and O–H groups in total.